The van der Waals surface area contributed by atoms with Crippen LogP contribution in [0.5, 0.6) is 0 Å². The van der Waals surface area contributed by atoms with Crippen LogP contribution in [-0.2, 0) is 18.3 Å². The largest absolute Gasteiger partial charge is 0.382 e. The molecule has 2 N–H and O–H groups in total. The monoisotopic (exact) mass is 403 g/mol. The highest BCUT2D eigenvalue weighted by atomic mass is 31.2. The molecule has 0 aliphatic heterocycles. The molecule has 1 aliphatic rings. The fraction of sp³-hybridized carbons (Fsp3) is 0.533. The number of rotatable bonds is 8. The Hall–Kier alpha value is -1.94. The van der Waals surface area contributed by atoms with Crippen LogP contribution in [0, 0.1) is 0 Å². The quantitative estimate of drug-likeness (QED) is 0.529. The predicted octanol–water partition coefficient (Wildman–Crippen LogP) is 2.76. The van der Waals surface area contributed by atoms with Gasteiger partial charge in [-0.05, 0) is 13.8 Å². The molecule has 27 heavy (non-hydrogen) atoms. The van der Waals surface area contributed by atoms with Crippen LogP contribution in [-0.4, -0.2) is 51.1 Å². The average molecular weight is 403 g/mol. The second-order valence-electron chi connectivity index (χ2n) is 5.75. The molecule has 148 valence electrons. The third kappa shape index (κ3) is 3.73. The van der Waals surface area contributed by atoms with Crippen LogP contribution >= 0.6 is 7.60 Å². The van der Waals surface area contributed by atoms with Gasteiger partial charge >= 0.3 is 13.5 Å². The van der Waals surface area contributed by atoms with E-state index < -0.39 is 32.0 Å². The van der Waals surface area contributed by atoms with Gasteiger partial charge < -0.3 is 24.1 Å². The van der Waals surface area contributed by atoms with Gasteiger partial charge in [-0.2, -0.15) is 0 Å². The molecule has 0 amide bonds. The lowest BCUT2D eigenvalue weighted by Gasteiger charge is -2.27. The van der Waals surface area contributed by atoms with Crippen LogP contribution < -0.4 is 5.73 Å². The molecule has 0 unspecified atom stereocenters. The summed E-state index contributed by atoms with van der Waals surface area (Å²) in [5.41, 5.74) is 6.13. The summed E-state index contributed by atoms with van der Waals surface area (Å²) >= 11 is 0. The van der Waals surface area contributed by atoms with E-state index in [1.807, 2.05) is 0 Å². The zero-order chi connectivity index (χ0) is 19.7. The molecule has 0 saturated carbocycles. The Morgan fingerprint density at radius 2 is 1.93 bits per heavy atom. The van der Waals surface area contributed by atoms with E-state index in [-0.39, 0.29) is 30.2 Å². The third-order valence-electron chi connectivity index (χ3n) is 3.99. The van der Waals surface area contributed by atoms with Crippen molar-refractivity contribution in [3.8, 4) is 0 Å². The number of imidazole rings is 1. The number of anilines is 1. The predicted molar refractivity (Wildman–Crippen MR) is 93.5 cm³/mol. The van der Waals surface area contributed by atoms with Crippen molar-refractivity contribution in [2.75, 3.05) is 25.3 Å². The number of hydrogen-bond donors (Lipinski definition) is 1. The van der Waals surface area contributed by atoms with E-state index >= 15 is 0 Å². The Bertz CT molecular complexity index is 880. The topological polar surface area (TPSA) is 114 Å². The van der Waals surface area contributed by atoms with Crippen molar-refractivity contribution in [2.45, 2.75) is 31.9 Å². The number of ether oxygens (including phenoxy) is 1. The lowest BCUT2D eigenvalue weighted by atomic mass is 10.1. The normalized spacial score (nSPS) is 21.9. The molecule has 0 bridgehead atoms. The number of hydrogen-bond acceptors (Lipinski definition) is 8. The maximum Gasteiger partial charge on any atom is 0.356 e. The molecule has 2 heterocycles. The number of allylic oxidation sites excluding steroid dienone is 1. The summed E-state index contributed by atoms with van der Waals surface area (Å²) in [4.78, 5) is 11.8. The highest BCUT2D eigenvalue weighted by Crippen LogP contribution is 2.50. The van der Waals surface area contributed by atoms with Gasteiger partial charge in [-0.25, -0.2) is 23.7 Å². The minimum absolute atomic E-state index is 0.103. The summed E-state index contributed by atoms with van der Waals surface area (Å²) < 4.78 is 58.8. The fourth-order valence-electron chi connectivity index (χ4n) is 2.83. The minimum atomic E-state index is -3.60. The molecule has 0 saturated heterocycles. The summed E-state index contributed by atoms with van der Waals surface area (Å²) in [6.07, 6.45) is 2.73. The fourth-order valence-corrected chi connectivity index (χ4v) is 4.18. The van der Waals surface area contributed by atoms with Crippen molar-refractivity contribution in [3.63, 3.8) is 0 Å². The molecule has 9 nitrogen and oxygen atoms in total. The van der Waals surface area contributed by atoms with Crippen LogP contribution in [0.4, 0.5) is 14.6 Å². The highest BCUT2D eigenvalue weighted by molar-refractivity contribution is 7.53. The van der Waals surface area contributed by atoms with Gasteiger partial charge in [0.2, 0.25) is 0 Å². The number of nitrogens with zero attached hydrogens (tertiary/aromatic N) is 4. The molecule has 0 radical (unpaired) electrons. The second kappa shape index (κ2) is 7.59. The van der Waals surface area contributed by atoms with Gasteiger partial charge in [0, 0.05) is 0 Å². The van der Waals surface area contributed by atoms with E-state index in [4.69, 9.17) is 19.5 Å². The van der Waals surface area contributed by atoms with Gasteiger partial charge in [0.05, 0.1) is 19.5 Å². The Balaban J connectivity index is 1.79. The number of alkyl halides is 2. The zero-order valence-corrected chi connectivity index (χ0v) is 15.7. The molecule has 2 aromatic heterocycles. The molecular formula is C15H20F2N5O4P. The molecule has 2 aromatic rings. The van der Waals surface area contributed by atoms with Gasteiger partial charge in [0.1, 0.15) is 30.3 Å². The maximum absolute atomic E-state index is 14.9. The van der Waals surface area contributed by atoms with Crippen LogP contribution in [0.3, 0.4) is 0 Å². The number of nitrogen functional groups attached to an aromatic ring is 1. The smallest absolute Gasteiger partial charge is 0.356 e. The van der Waals surface area contributed by atoms with E-state index in [2.05, 4.69) is 15.0 Å². The first kappa shape index (κ1) is 19.8. The first-order valence-corrected chi connectivity index (χ1v) is 10.0. The number of nitrogens with two attached hydrogens (primary N) is 1. The Labute approximate surface area is 154 Å². The SMILES string of the molecule is CCOP(=O)(CO[C@@H]1C=C[C@H](n2cnc3c(N)ncnc32)C1(F)F)OCC. The summed E-state index contributed by atoms with van der Waals surface area (Å²) in [5, 5.41) is 0. The molecule has 0 spiro atoms. The highest BCUT2D eigenvalue weighted by Gasteiger charge is 2.52. The van der Waals surface area contributed by atoms with Crippen LogP contribution in [0.25, 0.3) is 11.2 Å². The van der Waals surface area contributed by atoms with Crippen molar-refractivity contribution in [3.05, 3.63) is 24.8 Å². The van der Waals surface area contributed by atoms with E-state index in [9.17, 15) is 13.3 Å². The number of fused-ring (bicyclic) bond motifs is 1. The Morgan fingerprint density at radius 3 is 2.59 bits per heavy atom. The lowest BCUT2D eigenvalue weighted by molar-refractivity contribution is -0.119. The van der Waals surface area contributed by atoms with Gasteiger partial charge in [-0.15, -0.1) is 0 Å². The Kier molecular flexibility index (Phi) is 5.57. The zero-order valence-electron chi connectivity index (χ0n) is 14.8. The number of aromatic nitrogens is 4. The Morgan fingerprint density at radius 1 is 1.22 bits per heavy atom. The van der Waals surface area contributed by atoms with Crippen LogP contribution in [0.1, 0.15) is 19.9 Å². The summed E-state index contributed by atoms with van der Waals surface area (Å²) in [7, 11) is -3.60. The van der Waals surface area contributed by atoms with Crippen molar-refractivity contribution < 1.29 is 27.1 Å². The lowest BCUT2D eigenvalue weighted by Crippen LogP contribution is -2.38. The van der Waals surface area contributed by atoms with Gasteiger partial charge in [0.15, 0.2) is 11.5 Å². The molecule has 1 aliphatic carbocycles. The van der Waals surface area contributed by atoms with Crippen molar-refractivity contribution >= 4 is 24.6 Å². The van der Waals surface area contributed by atoms with E-state index in [0.29, 0.717) is 0 Å². The molecule has 3 rings (SSSR count). The first-order valence-electron chi connectivity index (χ1n) is 8.31. The van der Waals surface area contributed by atoms with Crippen LogP contribution in [0.2, 0.25) is 0 Å². The first-order chi connectivity index (χ1) is 12.8. The van der Waals surface area contributed by atoms with E-state index in [1.54, 1.807) is 13.8 Å². The molecular weight excluding hydrogens is 383 g/mol. The van der Waals surface area contributed by atoms with Gasteiger partial charge in [0.25, 0.3) is 0 Å². The molecule has 12 heteroatoms. The summed E-state index contributed by atoms with van der Waals surface area (Å²) in [6.45, 7) is 3.48. The van der Waals surface area contributed by atoms with Crippen LogP contribution in [0.15, 0.2) is 24.8 Å². The number of halogens is 2. The van der Waals surface area contributed by atoms with E-state index in [0.717, 1.165) is 0 Å². The summed E-state index contributed by atoms with van der Waals surface area (Å²) in [6, 6.07) is -1.39. The molecule has 0 fully saturated rings. The second-order valence-corrected chi connectivity index (χ2v) is 7.75. The summed E-state index contributed by atoms with van der Waals surface area (Å²) in [5.74, 6) is -3.23. The van der Waals surface area contributed by atoms with Gasteiger partial charge in [-0.1, -0.05) is 12.2 Å². The molecule has 2 atom stereocenters. The van der Waals surface area contributed by atoms with Crippen molar-refractivity contribution in [1.82, 2.24) is 19.5 Å². The van der Waals surface area contributed by atoms with Crippen molar-refractivity contribution in [1.29, 1.82) is 0 Å². The third-order valence-corrected chi connectivity index (χ3v) is 5.76. The minimum Gasteiger partial charge on any atom is -0.382 e. The average Bonchev–Trinajstić information content (AvgIpc) is 3.15. The van der Waals surface area contributed by atoms with E-state index in [1.165, 1.54) is 29.4 Å². The van der Waals surface area contributed by atoms with Crippen molar-refractivity contribution in [2.24, 2.45) is 0 Å². The molecule has 0 aromatic carbocycles. The standard InChI is InChI=1S/C15H20F2N5O4P/c1-3-25-27(23,26-4-2)9-24-11-6-5-10(15(11,16)17)22-8-21-12-13(18)19-7-20-14(12)22/h5-8,10-11H,3-4,9H2,1-2H3,(H2,18,19,20)/t10-,11+/m0/s1. The van der Waals surface area contributed by atoms with Gasteiger partial charge in [-0.3, -0.25) is 4.57 Å². The maximum atomic E-state index is 14.9.